The SMILES string of the molecule is CCC1(C(=O)O)CCCN(C(=O)C2NCCCC2(C)C)C1. The minimum absolute atomic E-state index is 0.0646. The van der Waals surface area contributed by atoms with Gasteiger partial charge in [-0.3, -0.25) is 9.59 Å². The molecular weight excluding hydrogens is 268 g/mol. The summed E-state index contributed by atoms with van der Waals surface area (Å²) in [5.74, 6) is -0.683. The van der Waals surface area contributed by atoms with Crippen LogP contribution >= 0.6 is 0 Å². The molecule has 5 nitrogen and oxygen atoms in total. The highest BCUT2D eigenvalue weighted by atomic mass is 16.4. The van der Waals surface area contributed by atoms with Crippen molar-refractivity contribution >= 4 is 11.9 Å². The van der Waals surface area contributed by atoms with Crippen molar-refractivity contribution in [1.82, 2.24) is 10.2 Å². The molecule has 2 N–H and O–H groups in total. The van der Waals surface area contributed by atoms with Crippen molar-refractivity contribution in [3.63, 3.8) is 0 Å². The molecule has 120 valence electrons. The number of rotatable bonds is 3. The Morgan fingerprint density at radius 3 is 2.57 bits per heavy atom. The maximum atomic E-state index is 12.9. The first-order valence-electron chi connectivity index (χ1n) is 8.08. The van der Waals surface area contributed by atoms with Crippen molar-refractivity contribution in [2.24, 2.45) is 10.8 Å². The second kappa shape index (κ2) is 5.95. The molecule has 0 aromatic heterocycles. The number of carbonyl (C=O) groups is 2. The van der Waals surface area contributed by atoms with Crippen molar-refractivity contribution in [3.8, 4) is 0 Å². The Kier molecular flexibility index (Phi) is 4.61. The lowest BCUT2D eigenvalue weighted by atomic mass is 9.75. The van der Waals surface area contributed by atoms with Gasteiger partial charge in [0.15, 0.2) is 0 Å². The number of amides is 1. The number of likely N-dealkylation sites (tertiary alicyclic amines) is 1. The van der Waals surface area contributed by atoms with E-state index in [1.807, 2.05) is 6.92 Å². The van der Waals surface area contributed by atoms with E-state index in [0.717, 1.165) is 25.8 Å². The van der Waals surface area contributed by atoms with E-state index in [1.165, 1.54) is 0 Å². The molecule has 0 spiro atoms. The number of hydrogen-bond acceptors (Lipinski definition) is 3. The van der Waals surface area contributed by atoms with Gasteiger partial charge in [0.25, 0.3) is 0 Å². The van der Waals surface area contributed by atoms with E-state index in [1.54, 1.807) is 4.90 Å². The van der Waals surface area contributed by atoms with Crippen LogP contribution in [0.5, 0.6) is 0 Å². The van der Waals surface area contributed by atoms with Gasteiger partial charge < -0.3 is 15.3 Å². The molecule has 0 aromatic carbocycles. The molecule has 0 bridgehead atoms. The number of hydrogen-bond donors (Lipinski definition) is 2. The van der Waals surface area contributed by atoms with E-state index < -0.39 is 11.4 Å². The quantitative estimate of drug-likeness (QED) is 0.834. The highest BCUT2D eigenvalue weighted by Crippen LogP contribution is 2.36. The van der Waals surface area contributed by atoms with Gasteiger partial charge in [0.2, 0.25) is 5.91 Å². The molecule has 2 aliphatic rings. The minimum atomic E-state index is -0.765. The summed E-state index contributed by atoms with van der Waals surface area (Å²) in [6.45, 7) is 8.05. The lowest BCUT2D eigenvalue weighted by Crippen LogP contribution is -2.60. The van der Waals surface area contributed by atoms with Gasteiger partial charge in [-0.2, -0.15) is 0 Å². The van der Waals surface area contributed by atoms with Crippen LogP contribution < -0.4 is 5.32 Å². The molecule has 2 fully saturated rings. The minimum Gasteiger partial charge on any atom is -0.481 e. The Morgan fingerprint density at radius 2 is 2.00 bits per heavy atom. The van der Waals surface area contributed by atoms with Gasteiger partial charge in [0.1, 0.15) is 0 Å². The fourth-order valence-electron chi connectivity index (χ4n) is 3.75. The molecule has 5 heteroatoms. The van der Waals surface area contributed by atoms with Crippen LogP contribution in [0.2, 0.25) is 0 Å². The van der Waals surface area contributed by atoms with Crippen molar-refractivity contribution in [2.75, 3.05) is 19.6 Å². The molecule has 2 unspecified atom stereocenters. The maximum absolute atomic E-state index is 12.9. The smallest absolute Gasteiger partial charge is 0.311 e. The number of carbonyl (C=O) groups excluding carboxylic acids is 1. The van der Waals surface area contributed by atoms with Crippen LogP contribution in [-0.2, 0) is 9.59 Å². The van der Waals surface area contributed by atoms with Crippen LogP contribution in [0, 0.1) is 10.8 Å². The summed E-state index contributed by atoms with van der Waals surface area (Å²) < 4.78 is 0. The Labute approximate surface area is 127 Å². The fraction of sp³-hybridized carbons (Fsp3) is 0.875. The molecule has 2 saturated heterocycles. The summed E-state index contributed by atoms with van der Waals surface area (Å²) in [5, 5.41) is 12.9. The second-order valence-electron chi connectivity index (χ2n) is 7.28. The Morgan fingerprint density at radius 1 is 1.29 bits per heavy atom. The van der Waals surface area contributed by atoms with Crippen molar-refractivity contribution in [2.45, 2.75) is 58.9 Å². The van der Waals surface area contributed by atoms with Crippen LogP contribution in [0.3, 0.4) is 0 Å². The second-order valence-corrected chi connectivity index (χ2v) is 7.28. The monoisotopic (exact) mass is 296 g/mol. The molecule has 0 radical (unpaired) electrons. The van der Waals surface area contributed by atoms with Crippen molar-refractivity contribution < 1.29 is 14.7 Å². The summed E-state index contributed by atoms with van der Waals surface area (Å²) in [7, 11) is 0. The number of piperidine rings is 2. The zero-order chi connectivity index (χ0) is 15.7. The first-order valence-corrected chi connectivity index (χ1v) is 8.08. The molecule has 2 heterocycles. The standard InChI is InChI=1S/C16H28N2O3/c1-4-16(14(20)21)8-6-10-18(11-16)13(19)12-15(2,3)7-5-9-17-12/h12,17H,4-11H2,1-3H3,(H,20,21). The Bertz CT molecular complexity index is 422. The zero-order valence-corrected chi connectivity index (χ0v) is 13.4. The lowest BCUT2D eigenvalue weighted by molar-refractivity contribution is -0.156. The van der Waals surface area contributed by atoms with Crippen LogP contribution in [-0.4, -0.2) is 47.6 Å². The molecule has 0 saturated carbocycles. The topological polar surface area (TPSA) is 69.6 Å². The van der Waals surface area contributed by atoms with Gasteiger partial charge in [0, 0.05) is 13.1 Å². The van der Waals surface area contributed by atoms with Crippen LogP contribution in [0.25, 0.3) is 0 Å². The molecular formula is C16H28N2O3. The van der Waals surface area contributed by atoms with E-state index in [0.29, 0.717) is 25.9 Å². The van der Waals surface area contributed by atoms with E-state index in [2.05, 4.69) is 19.2 Å². The highest BCUT2D eigenvalue weighted by molar-refractivity contribution is 5.84. The lowest BCUT2D eigenvalue weighted by Gasteiger charge is -2.45. The molecule has 21 heavy (non-hydrogen) atoms. The van der Waals surface area contributed by atoms with E-state index in [-0.39, 0.29) is 17.4 Å². The Balaban J connectivity index is 2.13. The number of aliphatic carboxylic acids is 1. The number of nitrogens with one attached hydrogen (secondary N) is 1. The van der Waals surface area contributed by atoms with Crippen LogP contribution in [0.15, 0.2) is 0 Å². The maximum Gasteiger partial charge on any atom is 0.311 e. The number of nitrogens with zero attached hydrogens (tertiary/aromatic N) is 1. The largest absolute Gasteiger partial charge is 0.481 e. The van der Waals surface area contributed by atoms with Gasteiger partial charge in [-0.25, -0.2) is 0 Å². The Hall–Kier alpha value is -1.10. The normalized spacial score (nSPS) is 32.7. The zero-order valence-electron chi connectivity index (χ0n) is 13.4. The molecule has 0 aromatic rings. The van der Waals surface area contributed by atoms with Gasteiger partial charge in [0.05, 0.1) is 11.5 Å². The average Bonchev–Trinajstić information content (AvgIpc) is 2.46. The first kappa shape index (κ1) is 16.3. The van der Waals surface area contributed by atoms with Gasteiger partial charge in [-0.05, 0) is 44.1 Å². The number of carboxylic acid groups (broad SMARTS) is 1. The van der Waals surface area contributed by atoms with Crippen molar-refractivity contribution in [3.05, 3.63) is 0 Å². The first-order chi connectivity index (χ1) is 9.82. The average molecular weight is 296 g/mol. The van der Waals surface area contributed by atoms with E-state index in [9.17, 15) is 14.7 Å². The van der Waals surface area contributed by atoms with E-state index >= 15 is 0 Å². The predicted molar refractivity (Wildman–Crippen MR) is 81.0 cm³/mol. The van der Waals surface area contributed by atoms with Crippen molar-refractivity contribution in [1.29, 1.82) is 0 Å². The number of carboxylic acids is 1. The van der Waals surface area contributed by atoms with Crippen LogP contribution in [0.4, 0.5) is 0 Å². The van der Waals surface area contributed by atoms with Crippen LogP contribution in [0.1, 0.15) is 52.9 Å². The fourth-order valence-corrected chi connectivity index (χ4v) is 3.75. The van der Waals surface area contributed by atoms with E-state index in [4.69, 9.17) is 0 Å². The molecule has 2 atom stereocenters. The molecule has 0 aliphatic carbocycles. The highest BCUT2D eigenvalue weighted by Gasteiger charge is 2.45. The summed E-state index contributed by atoms with van der Waals surface area (Å²) in [6.07, 6.45) is 4.14. The summed E-state index contributed by atoms with van der Waals surface area (Å²) in [6, 6.07) is -0.187. The van der Waals surface area contributed by atoms with Gasteiger partial charge in [-0.15, -0.1) is 0 Å². The summed E-state index contributed by atoms with van der Waals surface area (Å²) in [5.41, 5.74) is -0.822. The molecule has 2 aliphatic heterocycles. The van der Waals surface area contributed by atoms with Gasteiger partial charge >= 0.3 is 5.97 Å². The predicted octanol–water partition coefficient (Wildman–Crippen LogP) is 1.87. The third kappa shape index (κ3) is 3.07. The summed E-state index contributed by atoms with van der Waals surface area (Å²) >= 11 is 0. The molecule has 1 amide bonds. The molecule has 2 rings (SSSR count). The third-order valence-electron chi connectivity index (χ3n) is 5.39. The third-order valence-corrected chi connectivity index (χ3v) is 5.39. The van der Waals surface area contributed by atoms with Gasteiger partial charge in [-0.1, -0.05) is 20.8 Å². The summed E-state index contributed by atoms with van der Waals surface area (Å²) in [4.78, 5) is 26.3.